The van der Waals surface area contributed by atoms with Crippen LogP contribution in [0.1, 0.15) is 0 Å². The number of benzene rings is 1. The zero-order valence-electron chi connectivity index (χ0n) is 4.88. The molecule has 0 amide bonds. The molecule has 1 rings (SSSR count). The summed E-state index contributed by atoms with van der Waals surface area (Å²) in [5.74, 6) is 0. The van der Waals surface area contributed by atoms with Crippen LogP contribution in [0.5, 0.6) is 0 Å². The molecule has 0 N–H and O–H groups in total. The Bertz CT molecular complexity index is 154. The summed E-state index contributed by atoms with van der Waals surface area (Å²) in [4.78, 5) is 0. The van der Waals surface area contributed by atoms with Crippen molar-refractivity contribution in [2.24, 2.45) is 0 Å². The second-order valence-corrected chi connectivity index (χ2v) is 3.89. The third kappa shape index (κ3) is 3.26. The van der Waals surface area contributed by atoms with Gasteiger partial charge in [-0.15, -0.1) is 24.0 Å². The third-order valence-electron chi connectivity index (χ3n) is 0.997. The van der Waals surface area contributed by atoms with Crippen molar-refractivity contribution in [2.75, 3.05) is 0 Å². The second kappa shape index (κ2) is 5.30. The van der Waals surface area contributed by atoms with Crippen LogP contribution in [0.15, 0.2) is 30.3 Å². The van der Waals surface area contributed by atoms with Crippen molar-refractivity contribution in [3.63, 3.8) is 0 Å². The first-order chi connectivity index (χ1) is 3.93. The Morgan fingerprint density at radius 1 is 1.11 bits per heavy atom. The van der Waals surface area contributed by atoms with Gasteiger partial charge in [0.05, 0.1) is 0 Å². The van der Waals surface area contributed by atoms with Crippen LogP contribution < -0.4 is 4.16 Å². The van der Waals surface area contributed by atoms with Crippen molar-refractivity contribution in [2.45, 2.75) is 0 Å². The fraction of sp³-hybridized carbons (Fsp3) is 0. The molecule has 0 spiro atoms. The van der Waals surface area contributed by atoms with E-state index in [1.54, 1.807) is 0 Å². The van der Waals surface area contributed by atoms with Gasteiger partial charge in [0.2, 0.25) is 0 Å². The predicted octanol–water partition coefficient (Wildman–Crippen LogP) is 1.90. The van der Waals surface area contributed by atoms with Crippen LogP contribution in [0.25, 0.3) is 0 Å². The molecule has 9 heavy (non-hydrogen) atoms. The van der Waals surface area contributed by atoms with E-state index in [1.807, 2.05) is 30.3 Å². The zero-order valence-corrected chi connectivity index (χ0v) is 10.2. The summed E-state index contributed by atoms with van der Waals surface area (Å²) in [6.45, 7) is 0. The summed E-state index contributed by atoms with van der Waals surface area (Å²) >= 11 is -1.78. The normalized spacial score (nSPS) is 7.22. The van der Waals surface area contributed by atoms with E-state index in [9.17, 15) is 3.32 Å². The fourth-order valence-corrected chi connectivity index (χ4v) is 1.51. The number of hydrogen-bond acceptors (Lipinski definition) is 0. The standard InChI is InChI=1S/C6H5.FH.HI.Zn/c1-2-4-6-5-3-1;;;/h1-5H;2*1H;/q;;;+1/p-1. The van der Waals surface area contributed by atoms with Gasteiger partial charge in [0.1, 0.15) is 0 Å². The summed E-state index contributed by atoms with van der Waals surface area (Å²) < 4.78 is 12.8. The average Bonchev–Trinajstić information content (AvgIpc) is 1.90. The molecule has 0 radical (unpaired) electrons. The van der Waals surface area contributed by atoms with E-state index in [1.165, 1.54) is 0 Å². The molecule has 46 valence electrons. The second-order valence-electron chi connectivity index (χ2n) is 1.62. The molecule has 0 saturated carbocycles. The summed E-state index contributed by atoms with van der Waals surface area (Å²) in [7, 11) is 0. The summed E-state index contributed by atoms with van der Waals surface area (Å²) in [6, 6.07) is 9.35. The Kier molecular flexibility index (Phi) is 5.60. The quantitative estimate of drug-likeness (QED) is 0.547. The molecule has 0 heterocycles. The van der Waals surface area contributed by atoms with Crippen molar-refractivity contribution >= 4 is 28.1 Å². The molecule has 1 aromatic carbocycles. The van der Waals surface area contributed by atoms with Crippen LogP contribution in [0.3, 0.4) is 0 Å². The van der Waals surface area contributed by atoms with E-state index in [-0.39, 0.29) is 24.0 Å². The zero-order chi connectivity index (χ0) is 5.82. The Hall–Kier alpha value is 0.503. The predicted molar refractivity (Wildman–Crippen MR) is 42.6 cm³/mol. The fourth-order valence-electron chi connectivity index (χ4n) is 0.567. The van der Waals surface area contributed by atoms with E-state index in [0.717, 1.165) is 4.16 Å². The summed E-state index contributed by atoms with van der Waals surface area (Å²) in [5, 5.41) is 0. The Labute approximate surface area is 79.0 Å². The molecule has 0 saturated heterocycles. The molecule has 0 bridgehead atoms. The van der Waals surface area contributed by atoms with Crippen molar-refractivity contribution < 1.29 is 20.9 Å². The van der Waals surface area contributed by atoms with Crippen molar-refractivity contribution in [3.05, 3.63) is 30.3 Å². The minimum absolute atomic E-state index is 0. The van der Waals surface area contributed by atoms with Crippen LogP contribution in [-0.4, -0.2) is 0 Å². The van der Waals surface area contributed by atoms with Gasteiger partial charge < -0.3 is 0 Å². The molecule has 0 aromatic heterocycles. The Morgan fingerprint density at radius 3 is 2.00 bits per heavy atom. The van der Waals surface area contributed by atoms with Crippen LogP contribution in [0.2, 0.25) is 0 Å². The Balaban J connectivity index is 0.000000640. The molecule has 0 unspecified atom stereocenters. The van der Waals surface area contributed by atoms with Gasteiger partial charge in [0.15, 0.2) is 0 Å². The summed E-state index contributed by atoms with van der Waals surface area (Å²) in [6.07, 6.45) is 0. The molecule has 0 aliphatic rings. The monoisotopic (exact) mass is 288 g/mol. The number of halogens is 2. The molecule has 0 nitrogen and oxygen atoms in total. The maximum absolute atomic E-state index is 11.9. The van der Waals surface area contributed by atoms with Crippen molar-refractivity contribution in [3.8, 4) is 0 Å². The molecule has 0 fully saturated rings. The van der Waals surface area contributed by atoms with Gasteiger partial charge in [-0.2, -0.15) is 0 Å². The van der Waals surface area contributed by atoms with Gasteiger partial charge in [-0.25, -0.2) is 0 Å². The first-order valence-electron chi connectivity index (χ1n) is 2.53. The van der Waals surface area contributed by atoms with Gasteiger partial charge in [0, 0.05) is 0 Å². The van der Waals surface area contributed by atoms with Gasteiger partial charge in [-0.1, -0.05) is 0 Å². The SMILES string of the molecule is I.[F][Zn][c]1ccccc1. The van der Waals surface area contributed by atoms with Crippen LogP contribution in [-0.2, 0) is 17.6 Å². The van der Waals surface area contributed by atoms with Gasteiger partial charge >= 0.3 is 55.4 Å². The van der Waals surface area contributed by atoms with Gasteiger partial charge in [-0.3, -0.25) is 0 Å². The molecule has 0 atom stereocenters. The topological polar surface area (TPSA) is 0 Å². The van der Waals surface area contributed by atoms with E-state index in [4.69, 9.17) is 0 Å². The summed E-state index contributed by atoms with van der Waals surface area (Å²) in [5.41, 5.74) is 0. The first-order valence-corrected chi connectivity index (χ1v) is 5.14. The molecule has 0 aliphatic heterocycles. The molecule has 1 aromatic rings. The Morgan fingerprint density at radius 2 is 1.67 bits per heavy atom. The molecule has 0 aliphatic carbocycles. The van der Waals surface area contributed by atoms with E-state index in [2.05, 4.69) is 0 Å². The van der Waals surface area contributed by atoms with Gasteiger partial charge in [-0.05, 0) is 0 Å². The first kappa shape index (κ1) is 9.50. The average molecular weight is 289 g/mol. The van der Waals surface area contributed by atoms with Crippen LogP contribution in [0.4, 0.5) is 3.32 Å². The van der Waals surface area contributed by atoms with E-state index < -0.39 is 17.6 Å². The number of hydrogen-bond donors (Lipinski definition) is 0. The van der Waals surface area contributed by atoms with Gasteiger partial charge in [0.25, 0.3) is 0 Å². The van der Waals surface area contributed by atoms with E-state index >= 15 is 0 Å². The molecule has 3 heteroatoms. The van der Waals surface area contributed by atoms with E-state index in [0.29, 0.717) is 0 Å². The third-order valence-corrected chi connectivity index (χ3v) is 2.63. The maximum atomic E-state index is 11.9. The van der Waals surface area contributed by atoms with Crippen LogP contribution in [0, 0.1) is 0 Å². The minimum atomic E-state index is -1.78. The van der Waals surface area contributed by atoms with Crippen molar-refractivity contribution in [1.82, 2.24) is 0 Å². The van der Waals surface area contributed by atoms with Crippen molar-refractivity contribution in [1.29, 1.82) is 0 Å². The van der Waals surface area contributed by atoms with Crippen LogP contribution >= 0.6 is 24.0 Å². The molecular weight excluding hydrogens is 283 g/mol. The number of rotatable bonds is 1. The molecular formula is C6H6FIZn.